The van der Waals surface area contributed by atoms with Crippen molar-refractivity contribution in [2.24, 2.45) is 46.3 Å². The van der Waals surface area contributed by atoms with Crippen molar-refractivity contribution in [3.05, 3.63) is 47.5 Å². The minimum absolute atomic E-state index is 0.0906. The van der Waals surface area contributed by atoms with Crippen molar-refractivity contribution in [1.29, 1.82) is 0 Å². The van der Waals surface area contributed by atoms with E-state index in [1.165, 1.54) is 50.5 Å². The molecule has 204 valence electrons. The van der Waals surface area contributed by atoms with Crippen LogP contribution in [0.15, 0.2) is 42.0 Å². The van der Waals surface area contributed by atoms with Crippen molar-refractivity contribution in [3.63, 3.8) is 0 Å². The highest BCUT2D eigenvalue weighted by Crippen LogP contribution is 2.67. The summed E-state index contributed by atoms with van der Waals surface area (Å²) in [6, 6.07) is 9.32. The molecule has 0 aromatic heterocycles. The number of fused-ring (bicyclic) bond motifs is 5. The molecule has 0 bridgehead atoms. The van der Waals surface area contributed by atoms with Crippen LogP contribution in [0.5, 0.6) is 0 Å². The summed E-state index contributed by atoms with van der Waals surface area (Å²) in [5.41, 5.74) is 2.46. The molecule has 1 aromatic carbocycles. The average molecular weight is 507 g/mol. The van der Waals surface area contributed by atoms with Crippen molar-refractivity contribution >= 4 is 5.97 Å². The molecular weight excluding hydrogens is 456 g/mol. The molecule has 3 fully saturated rings. The van der Waals surface area contributed by atoms with E-state index in [9.17, 15) is 9.90 Å². The number of benzene rings is 1. The first-order chi connectivity index (χ1) is 17.6. The number of esters is 1. The van der Waals surface area contributed by atoms with Crippen molar-refractivity contribution in [3.8, 4) is 0 Å². The summed E-state index contributed by atoms with van der Waals surface area (Å²) in [7, 11) is 0. The van der Waals surface area contributed by atoms with Crippen LogP contribution in [0.1, 0.15) is 109 Å². The molecule has 1 unspecified atom stereocenters. The highest BCUT2D eigenvalue weighted by atomic mass is 16.5. The summed E-state index contributed by atoms with van der Waals surface area (Å²) in [6.45, 7) is 12.2. The quantitative estimate of drug-likeness (QED) is 0.299. The van der Waals surface area contributed by atoms with Gasteiger partial charge in [0.1, 0.15) is 6.10 Å². The summed E-state index contributed by atoms with van der Waals surface area (Å²) < 4.78 is 5.95. The first kappa shape index (κ1) is 27.0. The molecule has 3 heteroatoms. The zero-order valence-corrected chi connectivity index (χ0v) is 23.9. The Balaban J connectivity index is 1.29. The van der Waals surface area contributed by atoms with E-state index >= 15 is 0 Å². The Kier molecular flexibility index (Phi) is 7.66. The molecule has 3 saturated carbocycles. The lowest BCUT2D eigenvalue weighted by atomic mass is 9.46. The Hall–Kier alpha value is -1.61. The fourth-order valence-electron chi connectivity index (χ4n) is 9.53. The van der Waals surface area contributed by atoms with Crippen molar-refractivity contribution in [1.82, 2.24) is 0 Å². The number of carbonyl (C=O) groups is 1. The Bertz CT molecular complexity index is 982. The topological polar surface area (TPSA) is 46.5 Å². The molecule has 0 spiro atoms. The van der Waals surface area contributed by atoms with Gasteiger partial charge in [0.05, 0.1) is 11.7 Å². The summed E-state index contributed by atoms with van der Waals surface area (Å²) >= 11 is 0. The number of ether oxygens (including phenoxy) is 1. The highest BCUT2D eigenvalue weighted by molar-refractivity contribution is 5.89. The van der Waals surface area contributed by atoms with Crippen LogP contribution in [0.2, 0.25) is 0 Å². The maximum Gasteiger partial charge on any atom is 0.338 e. The van der Waals surface area contributed by atoms with Crippen LogP contribution in [0.25, 0.3) is 0 Å². The van der Waals surface area contributed by atoms with Gasteiger partial charge in [0.2, 0.25) is 0 Å². The fraction of sp³-hybridized carbons (Fsp3) is 0.735. The standard InChI is InChI=1S/C34H50O3/c1-22(2)10-9-11-23(3)27-14-15-28-31-29(17-19-34(27,28)5)33(4)18-16-26(20-25(33)21-30(31)35)37-32(36)24-12-7-6-8-13-24/h6-8,12-13,21-23,26-31,35H,9-11,14-20H2,1-5H3/t23-,26+,27-,28+,29+,30?,31+,33+,34-/m1/s1. The van der Waals surface area contributed by atoms with Crippen molar-refractivity contribution < 1.29 is 14.6 Å². The van der Waals surface area contributed by atoms with Gasteiger partial charge in [-0.15, -0.1) is 0 Å². The van der Waals surface area contributed by atoms with Crippen LogP contribution in [-0.4, -0.2) is 23.3 Å². The third-order valence-corrected chi connectivity index (χ3v) is 11.6. The number of carbonyl (C=O) groups excluding carboxylic acids is 1. The average Bonchev–Trinajstić information content (AvgIpc) is 3.22. The van der Waals surface area contributed by atoms with Gasteiger partial charge in [0, 0.05) is 6.42 Å². The third-order valence-electron chi connectivity index (χ3n) is 11.6. The van der Waals surface area contributed by atoms with E-state index in [0.29, 0.717) is 28.7 Å². The van der Waals surface area contributed by atoms with E-state index in [4.69, 9.17) is 4.74 Å². The first-order valence-corrected chi connectivity index (χ1v) is 15.3. The predicted octanol–water partition coefficient (Wildman–Crippen LogP) is 8.22. The second-order valence-electron chi connectivity index (χ2n) is 14.1. The highest BCUT2D eigenvalue weighted by Gasteiger charge is 2.61. The predicted molar refractivity (Wildman–Crippen MR) is 150 cm³/mol. The Morgan fingerprint density at radius 1 is 1.00 bits per heavy atom. The molecule has 5 rings (SSSR count). The lowest BCUT2D eigenvalue weighted by molar-refractivity contribution is -0.0978. The summed E-state index contributed by atoms with van der Waals surface area (Å²) in [4.78, 5) is 12.7. The molecule has 9 atom stereocenters. The number of hydrogen-bond donors (Lipinski definition) is 1. The van der Waals surface area contributed by atoms with Gasteiger partial charge in [-0.1, -0.05) is 83.7 Å². The minimum Gasteiger partial charge on any atom is -0.458 e. The van der Waals surface area contributed by atoms with Gasteiger partial charge in [0.15, 0.2) is 0 Å². The number of aliphatic hydroxyl groups excluding tert-OH is 1. The van der Waals surface area contributed by atoms with Crippen LogP contribution in [-0.2, 0) is 4.74 Å². The first-order valence-electron chi connectivity index (χ1n) is 15.3. The Labute approximate surface area is 225 Å². The van der Waals surface area contributed by atoms with Crippen LogP contribution < -0.4 is 0 Å². The van der Waals surface area contributed by atoms with Crippen LogP contribution in [0, 0.1) is 46.3 Å². The summed E-state index contributed by atoms with van der Waals surface area (Å²) in [6.07, 6.45) is 13.7. The van der Waals surface area contributed by atoms with Gasteiger partial charge in [-0.25, -0.2) is 4.79 Å². The molecule has 0 saturated heterocycles. The third kappa shape index (κ3) is 4.95. The van der Waals surface area contributed by atoms with Crippen molar-refractivity contribution in [2.75, 3.05) is 0 Å². The Morgan fingerprint density at radius 3 is 2.49 bits per heavy atom. The number of hydrogen-bond acceptors (Lipinski definition) is 3. The second-order valence-corrected chi connectivity index (χ2v) is 14.1. The SMILES string of the molecule is CC(C)CCC[C@@H](C)[C@H]1CC[C@H]2[C@@H]3C(O)C=C4C[C@@H](OC(=O)c5ccccc5)CC[C@]4(C)[C@H]3CC[C@]12C. The molecule has 37 heavy (non-hydrogen) atoms. The van der Waals surface area contributed by atoms with Gasteiger partial charge in [-0.05, 0) is 97.0 Å². The summed E-state index contributed by atoms with van der Waals surface area (Å²) in [5, 5.41) is 11.6. The number of rotatable bonds is 7. The molecule has 0 amide bonds. The maximum atomic E-state index is 12.7. The largest absolute Gasteiger partial charge is 0.458 e. The zero-order valence-electron chi connectivity index (χ0n) is 23.9. The van der Waals surface area contributed by atoms with E-state index in [1.807, 2.05) is 30.3 Å². The monoisotopic (exact) mass is 506 g/mol. The zero-order chi connectivity index (χ0) is 26.4. The second kappa shape index (κ2) is 10.5. The lowest BCUT2D eigenvalue weighted by Crippen LogP contribution is -2.55. The fourth-order valence-corrected chi connectivity index (χ4v) is 9.53. The normalized spacial score (nSPS) is 39.8. The Morgan fingerprint density at radius 2 is 1.76 bits per heavy atom. The van der Waals surface area contributed by atoms with E-state index in [1.54, 1.807) is 0 Å². The van der Waals surface area contributed by atoms with Crippen LogP contribution in [0.3, 0.4) is 0 Å². The van der Waals surface area contributed by atoms with E-state index < -0.39 is 0 Å². The van der Waals surface area contributed by atoms with E-state index in [-0.39, 0.29) is 23.6 Å². The smallest absolute Gasteiger partial charge is 0.338 e. The van der Waals surface area contributed by atoms with Crippen molar-refractivity contribution in [2.45, 2.75) is 111 Å². The molecule has 4 aliphatic carbocycles. The van der Waals surface area contributed by atoms with E-state index in [2.05, 4.69) is 40.7 Å². The van der Waals surface area contributed by atoms with Gasteiger partial charge in [-0.2, -0.15) is 0 Å². The molecule has 0 radical (unpaired) electrons. The molecule has 4 aliphatic rings. The van der Waals surface area contributed by atoms with Gasteiger partial charge in [-0.3, -0.25) is 0 Å². The lowest BCUT2D eigenvalue weighted by Gasteiger charge is -2.59. The molecule has 0 aliphatic heterocycles. The molecule has 1 N–H and O–H groups in total. The number of aliphatic hydroxyl groups is 1. The van der Waals surface area contributed by atoms with Gasteiger partial charge in [0.25, 0.3) is 0 Å². The molecule has 3 nitrogen and oxygen atoms in total. The molecule has 0 heterocycles. The van der Waals surface area contributed by atoms with Crippen LogP contribution >= 0.6 is 0 Å². The van der Waals surface area contributed by atoms with Gasteiger partial charge >= 0.3 is 5.97 Å². The van der Waals surface area contributed by atoms with E-state index in [0.717, 1.165) is 37.0 Å². The van der Waals surface area contributed by atoms with Crippen LogP contribution in [0.4, 0.5) is 0 Å². The molecule has 1 aromatic rings. The maximum absolute atomic E-state index is 12.7. The molecular formula is C34H50O3. The summed E-state index contributed by atoms with van der Waals surface area (Å²) in [5.74, 6) is 3.70. The van der Waals surface area contributed by atoms with Gasteiger partial charge < -0.3 is 9.84 Å². The minimum atomic E-state index is -0.365.